The van der Waals surface area contributed by atoms with Crippen molar-refractivity contribution in [3.63, 3.8) is 0 Å². The van der Waals surface area contributed by atoms with Crippen molar-refractivity contribution in [3.05, 3.63) is 18.5 Å². The molecule has 0 N–H and O–H groups in total. The van der Waals surface area contributed by atoms with Crippen molar-refractivity contribution in [2.45, 2.75) is 0 Å². The van der Waals surface area contributed by atoms with Crippen molar-refractivity contribution in [2.75, 3.05) is 0 Å². The predicted octanol–water partition coefficient (Wildman–Crippen LogP) is 1.90. The molecule has 0 unspecified atom stereocenters. The van der Waals surface area contributed by atoms with E-state index in [1.165, 1.54) is 0 Å². The van der Waals surface area contributed by atoms with Crippen LogP contribution in [0.25, 0.3) is 0 Å². The Balaban J connectivity index is 0.000000187. The molecule has 1 heterocycles. The second kappa shape index (κ2) is 7.94. The summed E-state index contributed by atoms with van der Waals surface area (Å²) in [6.45, 7) is 0. The summed E-state index contributed by atoms with van der Waals surface area (Å²) in [4.78, 5) is 0. The molecule has 50 valence electrons. The van der Waals surface area contributed by atoms with Crippen molar-refractivity contribution in [1.82, 2.24) is 15.4 Å². The first-order chi connectivity index (χ1) is 4.41. The fourth-order valence-corrected chi connectivity index (χ4v) is 0.205. The molecule has 0 aliphatic heterocycles. The maximum Gasteiger partial charge on any atom is 0.0529 e. The Morgan fingerprint density at radius 2 is 1.56 bits per heavy atom. The van der Waals surface area contributed by atoms with E-state index in [0.29, 0.717) is 10.2 Å². The van der Waals surface area contributed by atoms with Gasteiger partial charge < -0.3 is 0 Å². The molecular formula is C3H3Cl2N3S. The van der Waals surface area contributed by atoms with E-state index in [1.807, 2.05) is 0 Å². The minimum Gasteiger partial charge on any atom is -0.139 e. The van der Waals surface area contributed by atoms with E-state index in [1.54, 1.807) is 18.5 Å². The highest BCUT2D eigenvalue weighted by atomic mass is 36.0. The minimum atomic E-state index is 0.694. The maximum atomic E-state index is 4.68. The third kappa shape index (κ3) is 7.94. The smallest absolute Gasteiger partial charge is 0.0529 e. The molecule has 0 atom stereocenters. The highest BCUT2D eigenvalue weighted by Crippen LogP contribution is 2.08. The topological polar surface area (TPSA) is 38.7 Å². The third-order valence-electron chi connectivity index (χ3n) is 0.409. The molecule has 1 aromatic heterocycles. The van der Waals surface area contributed by atoms with E-state index in [2.05, 4.69) is 36.8 Å². The minimum absolute atomic E-state index is 0.694. The Bertz CT molecular complexity index is 99.9. The van der Waals surface area contributed by atoms with Crippen LogP contribution in [0.3, 0.4) is 0 Å². The molecule has 0 saturated heterocycles. The molecule has 1 rings (SSSR count). The third-order valence-corrected chi connectivity index (χ3v) is 0.409. The standard InChI is InChI=1S/C3H3N3.Cl2S/c1-2-4-6-5-3-1;1-3-2/h1-3H;. The highest BCUT2D eigenvalue weighted by Gasteiger charge is 1.60. The fourth-order valence-electron chi connectivity index (χ4n) is 0.205. The second-order valence-electron chi connectivity index (χ2n) is 0.869. The Hall–Kier alpha value is -0.0600. The molecule has 1 aromatic rings. The lowest BCUT2D eigenvalue weighted by molar-refractivity contribution is 0.865. The van der Waals surface area contributed by atoms with Crippen LogP contribution in [0.1, 0.15) is 0 Å². The van der Waals surface area contributed by atoms with Gasteiger partial charge in [-0.05, 0) is 32.6 Å². The summed E-state index contributed by atoms with van der Waals surface area (Å²) in [6, 6.07) is 1.72. The van der Waals surface area contributed by atoms with E-state index in [9.17, 15) is 0 Å². The average Bonchev–Trinajstić information content (AvgIpc) is 1.93. The number of halogens is 2. The van der Waals surface area contributed by atoms with Crippen molar-refractivity contribution in [3.8, 4) is 0 Å². The monoisotopic (exact) mass is 183 g/mol. The number of hydrogen-bond acceptors (Lipinski definition) is 4. The van der Waals surface area contributed by atoms with E-state index >= 15 is 0 Å². The van der Waals surface area contributed by atoms with E-state index in [4.69, 9.17) is 0 Å². The van der Waals surface area contributed by atoms with E-state index < -0.39 is 0 Å². The van der Waals surface area contributed by atoms with Gasteiger partial charge in [0.25, 0.3) is 0 Å². The molecule has 0 aromatic carbocycles. The largest absolute Gasteiger partial charge is 0.139 e. The molecule has 0 aliphatic carbocycles. The summed E-state index contributed by atoms with van der Waals surface area (Å²) in [6.07, 6.45) is 3.15. The van der Waals surface area contributed by atoms with Crippen molar-refractivity contribution < 1.29 is 0 Å². The van der Waals surface area contributed by atoms with Crippen molar-refractivity contribution in [2.24, 2.45) is 0 Å². The van der Waals surface area contributed by atoms with Crippen LogP contribution in [-0.4, -0.2) is 15.4 Å². The van der Waals surface area contributed by atoms with Gasteiger partial charge >= 0.3 is 0 Å². The number of nitrogens with zero attached hydrogens (tertiary/aromatic N) is 3. The van der Waals surface area contributed by atoms with Crippen LogP contribution in [0, 0.1) is 0 Å². The van der Waals surface area contributed by atoms with Crippen LogP contribution < -0.4 is 0 Å². The molecule has 9 heavy (non-hydrogen) atoms. The molecule has 0 radical (unpaired) electrons. The zero-order valence-electron chi connectivity index (χ0n) is 4.24. The molecule has 3 nitrogen and oxygen atoms in total. The van der Waals surface area contributed by atoms with Gasteiger partial charge in [0.15, 0.2) is 0 Å². The van der Waals surface area contributed by atoms with Gasteiger partial charge in [-0.1, -0.05) is 0 Å². The van der Waals surface area contributed by atoms with Crippen LogP contribution >= 0.6 is 31.6 Å². The normalized spacial score (nSPS) is 7.33. The van der Waals surface area contributed by atoms with Gasteiger partial charge in [-0.25, -0.2) is 0 Å². The molecule has 0 bridgehead atoms. The fraction of sp³-hybridized carbons (Fsp3) is 0. The molecule has 6 heteroatoms. The lowest BCUT2D eigenvalue weighted by Crippen LogP contribution is -1.78. The zero-order chi connectivity index (χ0) is 6.95. The van der Waals surface area contributed by atoms with Crippen LogP contribution in [0.5, 0.6) is 0 Å². The van der Waals surface area contributed by atoms with Gasteiger partial charge in [0, 0.05) is 0 Å². The van der Waals surface area contributed by atoms with Gasteiger partial charge in [-0.15, -0.1) is 10.2 Å². The average molecular weight is 184 g/mol. The molecule has 0 saturated carbocycles. The quantitative estimate of drug-likeness (QED) is 0.617. The number of rotatable bonds is 0. The van der Waals surface area contributed by atoms with Crippen LogP contribution in [0.2, 0.25) is 0 Å². The van der Waals surface area contributed by atoms with Crippen LogP contribution in [0.15, 0.2) is 18.5 Å². The molecule has 0 fully saturated rings. The zero-order valence-corrected chi connectivity index (χ0v) is 6.57. The molecule has 0 aliphatic rings. The first kappa shape index (κ1) is 8.94. The SMILES string of the molecule is ClSCl.c1cnnnc1. The Morgan fingerprint density at radius 3 is 1.67 bits per heavy atom. The van der Waals surface area contributed by atoms with Gasteiger partial charge in [0.05, 0.1) is 22.6 Å². The Labute approximate surface area is 65.8 Å². The summed E-state index contributed by atoms with van der Waals surface area (Å²) in [7, 11) is 10.1. The summed E-state index contributed by atoms with van der Waals surface area (Å²) in [5, 5.41) is 10.1. The number of aromatic nitrogens is 3. The lowest BCUT2D eigenvalue weighted by Gasteiger charge is -1.68. The molecule has 0 amide bonds. The first-order valence-electron chi connectivity index (χ1n) is 1.89. The molecular weight excluding hydrogens is 181 g/mol. The predicted molar refractivity (Wildman–Crippen MR) is 39.1 cm³/mol. The number of hydrogen-bond donors (Lipinski definition) is 0. The summed E-state index contributed by atoms with van der Waals surface area (Å²) in [5.74, 6) is 0. The van der Waals surface area contributed by atoms with Gasteiger partial charge in [-0.3, -0.25) is 0 Å². The van der Waals surface area contributed by atoms with Gasteiger partial charge in [0.2, 0.25) is 0 Å². The van der Waals surface area contributed by atoms with Gasteiger partial charge in [-0.2, -0.15) is 0 Å². The Kier molecular flexibility index (Phi) is 7.89. The molecule has 0 spiro atoms. The van der Waals surface area contributed by atoms with Crippen molar-refractivity contribution >= 4 is 31.6 Å². The Morgan fingerprint density at radius 1 is 1.11 bits per heavy atom. The van der Waals surface area contributed by atoms with Crippen LogP contribution in [-0.2, 0) is 0 Å². The maximum absolute atomic E-state index is 4.68. The van der Waals surface area contributed by atoms with E-state index in [-0.39, 0.29) is 0 Å². The summed E-state index contributed by atoms with van der Waals surface area (Å²) in [5.41, 5.74) is 0. The lowest BCUT2D eigenvalue weighted by atomic mass is 10.7. The van der Waals surface area contributed by atoms with Crippen LogP contribution in [0.4, 0.5) is 0 Å². The second-order valence-corrected chi connectivity index (χ2v) is 2.39. The summed E-state index contributed by atoms with van der Waals surface area (Å²) >= 11 is 0. The van der Waals surface area contributed by atoms with Crippen molar-refractivity contribution in [1.29, 1.82) is 0 Å². The summed E-state index contributed by atoms with van der Waals surface area (Å²) < 4.78 is 0. The van der Waals surface area contributed by atoms with E-state index in [0.717, 1.165) is 0 Å². The first-order valence-corrected chi connectivity index (χ1v) is 4.36. The van der Waals surface area contributed by atoms with Gasteiger partial charge in [0.1, 0.15) is 0 Å². The highest BCUT2D eigenvalue weighted by molar-refractivity contribution is 8.38.